The molecule has 0 atom stereocenters. The largest absolute Gasteiger partial charge is 0.460 e. The highest BCUT2D eigenvalue weighted by Crippen LogP contribution is 2.41. The van der Waals surface area contributed by atoms with Gasteiger partial charge in [0, 0.05) is 17.5 Å². The Labute approximate surface area is 152 Å². The normalized spacial score (nSPS) is 19.4. The van der Waals surface area contributed by atoms with Crippen molar-refractivity contribution in [2.45, 2.75) is 44.6 Å². The number of nitrogens with zero attached hydrogens (tertiary/aromatic N) is 1. The first-order chi connectivity index (χ1) is 12.0. The molecule has 134 valence electrons. The summed E-state index contributed by atoms with van der Waals surface area (Å²) in [6.07, 6.45) is 6.04. The summed E-state index contributed by atoms with van der Waals surface area (Å²) < 4.78 is 5.70. The number of hydrogen-bond donors (Lipinski definition) is 2. The number of nitrogens with two attached hydrogens (primary N) is 1. The van der Waals surface area contributed by atoms with E-state index in [4.69, 9.17) is 21.8 Å². The molecular formula is C19H24ClN3O2. The zero-order valence-electron chi connectivity index (χ0n) is 14.5. The van der Waals surface area contributed by atoms with E-state index in [0.29, 0.717) is 45.1 Å². The molecule has 0 unspecified atom stereocenters. The molecule has 3 heterocycles. The first-order valence-corrected chi connectivity index (χ1v) is 9.39. The number of rotatable bonds is 4. The highest BCUT2D eigenvalue weighted by molar-refractivity contribution is 6.35. The van der Waals surface area contributed by atoms with Crippen molar-refractivity contribution in [1.82, 2.24) is 10.2 Å². The van der Waals surface area contributed by atoms with Crippen molar-refractivity contribution in [1.29, 1.82) is 0 Å². The molecule has 0 saturated carbocycles. The minimum Gasteiger partial charge on any atom is -0.460 e. The lowest BCUT2D eigenvalue weighted by Gasteiger charge is -2.32. The van der Waals surface area contributed by atoms with Gasteiger partial charge in [0.2, 0.25) is 0 Å². The van der Waals surface area contributed by atoms with E-state index in [1.165, 1.54) is 38.8 Å². The van der Waals surface area contributed by atoms with Crippen LogP contribution in [0, 0.1) is 6.92 Å². The van der Waals surface area contributed by atoms with Gasteiger partial charge in [0.1, 0.15) is 11.3 Å². The first-order valence-electron chi connectivity index (χ1n) is 9.02. The Morgan fingerprint density at radius 2 is 2.08 bits per heavy atom. The van der Waals surface area contributed by atoms with Crippen LogP contribution in [0.5, 0.6) is 0 Å². The first kappa shape index (κ1) is 16.7. The summed E-state index contributed by atoms with van der Waals surface area (Å²) in [5, 5.41) is 4.14. The van der Waals surface area contributed by atoms with Gasteiger partial charge in [-0.25, -0.2) is 0 Å². The van der Waals surface area contributed by atoms with Crippen molar-refractivity contribution >= 4 is 34.2 Å². The van der Waals surface area contributed by atoms with Gasteiger partial charge in [-0.1, -0.05) is 11.6 Å². The van der Waals surface area contributed by atoms with Gasteiger partial charge >= 0.3 is 0 Å². The predicted octanol–water partition coefficient (Wildman–Crippen LogP) is 3.73. The van der Waals surface area contributed by atoms with E-state index in [1.807, 2.05) is 13.0 Å². The van der Waals surface area contributed by atoms with Gasteiger partial charge in [0.25, 0.3) is 5.91 Å². The molecule has 2 aromatic rings. The van der Waals surface area contributed by atoms with Crippen LogP contribution in [0.2, 0.25) is 5.02 Å². The van der Waals surface area contributed by atoms with E-state index in [9.17, 15) is 4.79 Å². The number of carbonyl (C=O) groups is 1. The van der Waals surface area contributed by atoms with Crippen LogP contribution in [0.3, 0.4) is 0 Å². The minimum atomic E-state index is -0.153. The van der Waals surface area contributed by atoms with Gasteiger partial charge in [-0.2, -0.15) is 0 Å². The molecule has 1 amide bonds. The second kappa shape index (κ2) is 6.22. The molecule has 4 rings (SSSR count). The molecule has 0 aliphatic carbocycles. The van der Waals surface area contributed by atoms with Crippen molar-refractivity contribution in [2.24, 2.45) is 0 Å². The number of furan rings is 1. The highest BCUT2D eigenvalue weighted by atomic mass is 35.5. The van der Waals surface area contributed by atoms with Gasteiger partial charge < -0.3 is 15.5 Å². The fourth-order valence-corrected chi connectivity index (χ4v) is 4.83. The lowest BCUT2D eigenvalue weighted by atomic mass is 9.90. The van der Waals surface area contributed by atoms with Crippen LogP contribution < -0.4 is 11.1 Å². The van der Waals surface area contributed by atoms with Crippen LogP contribution in [0.1, 0.15) is 48.2 Å². The monoisotopic (exact) mass is 361 g/mol. The molecule has 2 aliphatic heterocycles. The average molecular weight is 362 g/mol. The lowest BCUT2D eigenvalue weighted by molar-refractivity contribution is 0.0943. The molecule has 2 fully saturated rings. The van der Waals surface area contributed by atoms with Crippen LogP contribution in [0.25, 0.3) is 11.0 Å². The number of amides is 1. The topological polar surface area (TPSA) is 71.5 Å². The Kier molecular flexibility index (Phi) is 4.16. The lowest BCUT2D eigenvalue weighted by Crippen LogP contribution is -2.41. The number of anilines is 1. The molecule has 3 N–H and O–H groups in total. The van der Waals surface area contributed by atoms with Crippen molar-refractivity contribution < 1.29 is 9.21 Å². The van der Waals surface area contributed by atoms with E-state index in [-0.39, 0.29) is 5.91 Å². The van der Waals surface area contributed by atoms with Crippen LogP contribution in [-0.2, 0) is 0 Å². The average Bonchev–Trinajstić information content (AvgIpc) is 3.24. The van der Waals surface area contributed by atoms with Crippen LogP contribution in [0.4, 0.5) is 5.69 Å². The van der Waals surface area contributed by atoms with Gasteiger partial charge in [-0.15, -0.1) is 0 Å². The number of nitrogens with one attached hydrogen (secondary N) is 1. The second-order valence-corrected chi connectivity index (χ2v) is 7.75. The quantitative estimate of drug-likeness (QED) is 0.814. The van der Waals surface area contributed by atoms with Crippen molar-refractivity contribution in [3.05, 3.63) is 28.5 Å². The predicted molar refractivity (Wildman–Crippen MR) is 100 cm³/mol. The summed E-state index contributed by atoms with van der Waals surface area (Å²) in [7, 11) is 0. The maximum atomic E-state index is 12.7. The third-order valence-electron chi connectivity index (χ3n) is 5.85. The molecule has 1 aromatic carbocycles. The molecule has 5 nitrogen and oxygen atoms in total. The molecular weight excluding hydrogens is 338 g/mol. The Hall–Kier alpha value is -1.72. The molecule has 0 bridgehead atoms. The summed E-state index contributed by atoms with van der Waals surface area (Å²) in [6, 6.07) is 3.43. The molecule has 1 aromatic heterocycles. The third kappa shape index (κ3) is 2.79. The minimum absolute atomic E-state index is 0.153. The number of nitrogen functional groups attached to an aromatic ring is 1. The Bertz CT molecular complexity index is 820. The van der Waals surface area contributed by atoms with Crippen molar-refractivity contribution in [2.75, 3.05) is 25.4 Å². The fraction of sp³-hybridized carbons (Fsp3) is 0.526. The van der Waals surface area contributed by atoms with E-state index >= 15 is 0 Å². The van der Waals surface area contributed by atoms with Gasteiger partial charge in [0.15, 0.2) is 0 Å². The Balaban J connectivity index is 1.50. The number of fused-ring (bicyclic) bond motifs is 2. The molecule has 0 radical (unpaired) electrons. The molecule has 2 saturated heterocycles. The Morgan fingerprint density at radius 3 is 2.80 bits per heavy atom. The molecule has 25 heavy (non-hydrogen) atoms. The van der Waals surface area contributed by atoms with E-state index in [1.54, 1.807) is 6.07 Å². The number of benzene rings is 1. The van der Waals surface area contributed by atoms with Gasteiger partial charge in [0.05, 0.1) is 16.3 Å². The number of halogens is 1. The number of hydrogen-bond acceptors (Lipinski definition) is 4. The maximum absolute atomic E-state index is 12.7. The zero-order valence-corrected chi connectivity index (χ0v) is 15.3. The highest BCUT2D eigenvalue weighted by Gasteiger charge is 2.43. The van der Waals surface area contributed by atoms with Crippen LogP contribution in [0.15, 0.2) is 16.5 Å². The SMILES string of the molecule is Cc1cc2c(N)c(Cl)cc(C(=O)NCCC34CCCN3CCC4)c2o1. The number of carbonyl (C=O) groups excluding carboxylic acids is 1. The smallest absolute Gasteiger partial charge is 0.255 e. The third-order valence-corrected chi connectivity index (χ3v) is 6.16. The molecule has 0 spiro atoms. The van der Waals surface area contributed by atoms with Crippen LogP contribution in [-0.4, -0.2) is 36.0 Å². The zero-order chi connectivity index (χ0) is 17.6. The summed E-state index contributed by atoms with van der Waals surface area (Å²) in [6.45, 7) is 4.91. The van der Waals surface area contributed by atoms with Gasteiger partial charge in [-0.05, 0) is 64.3 Å². The van der Waals surface area contributed by atoms with E-state index < -0.39 is 0 Å². The van der Waals surface area contributed by atoms with Gasteiger partial charge in [-0.3, -0.25) is 9.69 Å². The Morgan fingerprint density at radius 1 is 1.36 bits per heavy atom. The summed E-state index contributed by atoms with van der Waals surface area (Å²) in [4.78, 5) is 15.3. The fourth-order valence-electron chi connectivity index (χ4n) is 4.62. The van der Waals surface area contributed by atoms with Crippen LogP contribution >= 0.6 is 11.6 Å². The number of aryl methyl sites for hydroxylation is 1. The van der Waals surface area contributed by atoms with Crippen molar-refractivity contribution in [3.8, 4) is 0 Å². The summed E-state index contributed by atoms with van der Waals surface area (Å²) in [5.74, 6) is 0.560. The van der Waals surface area contributed by atoms with E-state index in [2.05, 4.69) is 10.2 Å². The molecule has 6 heteroatoms. The maximum Gasteiger partial charge on any atom is 0.255 e. The van der Waals surface area contributed by atoms with E-state index in [0.717, 1.165) is 6.42 Å². The second-order valence-electron chi connectivity index (χ2n) is 7.34. The summed E-state index contributed by atoms with van der Waals surface area (Å²) in [5.41, 5.74) is 7.74. The summed E-state index contributed by atoms with van der Waals surface area (Å²) >= 11 is 6.20. The standard InChI is InChI=1S/C19H24ClN3O2/c1-12-10-13-16(21)15(20)11-14(17(13)25-12)18(24)22-7-6-19-4-2-8-23(19)9-3-5-19/h10-11H,2-9,21H2,1H3,(H,22,24). The van der Waals surface area contributed by atoms with Crippen molar-refractivity contribution in [3.63, 3.8) is 0 Å². The molecule has 2 aliphatic rings.